The summed E-state index contributed by atoms with van der Waals surface area (Å²) in [5.41, 5.74) is 1.13. The predicted molar refractivity (Wildman–Crippen MR) is 81.6 cm³/mol. The van der Waals surface area contributed by atoms with Crippen LogP contribution in [0.2, 0.25) is 0 Å². The Labute approximate surface area is 126 Å². The van der Waals surface area contributed by atoms with Gasteiger partial charge in [0.2, 0.25) is 11.8 Å². The lowest BCUT2D eigenvalue weighted by atomic mass is 10.2. The Morgan fingerprint density at radius 3 is 2.29 bits per heavy atom. The third kappa shape index (κ3) is 4.56. The minimum absolute atomic E-state index is 0.113. The van der Waals surface area contributed by atoms with Crippen LogP contribution in [0.5, 0.6) is 0 Å². The van der Waals surface area contributed by atoms with E-state index >= 15 is 0 Å². The van der Waals surface area contributed by atoms with Crippen molar-refractivity contribution in [2.75, 3.05) is 39.8 Å². The molecule has 1 heterocycles. The average molecular weight is 289 g/mol. The van der Waals surface area contributed by atoms with Crippen molar-refractivity contribution in [1.29, 1.82) is 0 Å². The molecule has 0 aliphatic carbocycles. The van der Waals surface area contributed by atoms with Gasteiger partial charge in [0, 0.05) is 46.7 Å². The first-order chi connectivity index (χ1) is 10.1. The lowest BCUT2D eigenvalue weighted by molar-refractivity contribution is -0.133. The van der Waals surface area contributed by atoms with Crippen molar-refractivity contribution in [2.45, 2.75) is 13.5 Å². The molecular weight excluding hydrogens is 266 g/mol. The summed E-state index contributed by atoms with van der Waals surface area (Å²) < 4.78 is 0. The van der Waals surface area contributed by atoms with Crippen LogP contribution in [0, 0.1) is 0 Å². The van der Waals surface area contributed by atoms with E-state index in [1.165, 1.54) is 0 Å². The van der Waals surface area contributed by atoms with E-state index in [0.717, 1.165) is 18.7 Å². The van der Waals surface area contributed by atoms with Gasteiger partial charge in [-0.3, -0.25) is 14.5 Å². The minimum Gasteiger partial charge on any atom is -0.340 e. The fourth-order valence-electron chi connectivity index (χ4n) is 2.48. The number of amides is 2. The van der Waals surface area contributed by atoms with Gasteiger partial charge < -0.3 is 9.80 Å². The second-order valence-electron chi connectivity index (χ2n) is 5.52. The second-order valence-corrected chi connectivity index (χ2v) is 5.52. The Hall–Kier alpha value is -1.88. The maximum atomic E-state index is 12.2. The van der Waals surface area contributed by atoms with Gasteiger partial charge in [-0.05, 0) is 5.56 Å². The van der Waals surface area contributed by atoms with Gasteiger partial charge in [-0.1, -0.05) is 30.3 Å². The molecule has 0 aromatic heterocycles. The highest BCUT2D eigenvalue weighted by molar-refractivity contribution is 5.78. The van der Waals surface area contributed by atoms with E-state index in [9.17, 15) is 9.59 Å². The first kappa shape index (κ1) is 15.5. The van der Waals surface area contributed by atoms with Crippen LogP contribution >= 0.6 is 0 Å². The summed E-state index contributed by atoms with van der Waals surface area (Å²) in [7, 11) is 1.83. The molecule has 2 amide bonds. The van der Waals surface area contributed by atoms with Crippen LogP contribution < -0.4 is 0 Å². The molecule has 0 bridgehead atoms. The van der Waals surface area contributed by atoms with E-state index in [1.807, 2.05) is 42.3 Å². The minimum atomic E-state index is 0.113. The van der Waals surface area contributed by atoms with Crippen LogP contribution in [0.3, 0.4) is 0 Å². The Morgan fingerprint density at radius 2 is 1.71 bits per heavy atom. The van der Waals surface area contributed by atoms with Gasteiger partial charge in [0.15, 0.2) is 0 Å². The van der Waals surface area contributed by atoms with Gasteiger partial charge in [0.25, 0.3) is 0 Å². The lowest BCUT2D eigenvalue weighted by Gasteiger charge is -2.34. The normalized spacial score (nSPS) is 15.8. The Balaban J connectivity index is 1.78. The van der Waals surface area contributed by atoms with Crippen molar-refractivity contribution in [3.8, 4) is 0 Å². The van der Waals surface area contributed by atoms with Crippen molar-refractivity contribution in [2.24, 2.45) is 0 Å². The average Bonchev–Trinajstić information content (AvgIpc) is 2.48. The van der Waals surface area contributed by atoms with Crippen molar-refractivity contribution in [3.05, 3.63) is 35.9 Å². The highest BCUT2D eigenvalue weighted by Gasteiger charge is 2.21. The number of nitrogens with zero attached hydrogens (tertiary/aromatic N) is 3. The van der Waals surface area contributed by atoms with Gasteiger partial charge in [-0.25, -0.2) is 0 Å². The summed E-state index contributed by atoms with van der Waals surface area (Å²) in [6, 6.07) is 9.98. The summed E-state index contributed by atoms with van der Waals surface area (Å²) in [4.78, 5) is 29.2. The fourth-order valence-corrected chi connectivity index (χ4v) is 2.48. The summed E-state index contributed by atoms with van der Waals surface area (Å²) in [5, 5.41) is 0. The summed E-state index contributed by atoms with van der Waals surface area (Å²) >= 11 is 0. The number of hydrogen-bond acceptors (Lipinski definition) is 3. The highest BCUT2D eigenvalue weighted by atomic mass is 16.2. The van der Waals surface area contributed by atoms with Crippen molar-refractivity contribution in [1.82, 2.24) is 14.7 Å². The SMILES string of the molecule is CC(=O)N1CCN(CC(=O)N(C)Cc2ccccc2)CC1. The number of likely N-dealkylation sites (N-methyl/N-ethyl adjacent to an activating group) is 1. The van der Waals surface area contributed by atoms with Crippen LogP contribution in [0.25, 0.3) is 0 Å². The van der Waals surface area contributed by atoms with E-state index in [1.54, 1.807) is 11.8 Å². The van der Waals surface area contributed by atoms with Crippen LogP contribution in [0.4, 0.5) is 0 Å². The second kappa shape index (κ2) is 7.22. The molecule has 1 fully saturated rings. The molecule has 1 saturated heterocycles. The first-order valence-electron chi connectivity index (χ1n) is 7.32. The smallest absolute Gasteiger partial charge is 0.236 e. The molecule has 1 aliphatic rings. The molecule has 0 N–H and O–H groups in total. The largest absolute Gasteiger partial charge is 0.340 e. The maximum Gasteiger partial charge on any atom is 0.236 e. The fraction of sp³-hybridized carbons (Fsp3) is 0.500. The van der Waals surface area contributed by atoms with Gasteiger partial charge in [-0.2, -0.15) is 0 Å². The molecule has 0 saturated carbocycles. The highest BCUT2D eigenvalue weighted by Crippen LogP contribution is 2.05. The Morgan fingerprint density at radius 1 is 1.10 bits per heavy atom. The van der Waals surface area contributed by atoms with Crippen molar-refractivity contribution >= 4 is 11.8 Å². The van der Waals surface area contributed by atoms with Crippen LogP contribution in [-0.2, 0) is 16.1 Å². The van der Waals surface area contributed by atoms with Gasteiger partial charge >= 0.3 is 0 Å². The topological polar surface area (TPSA) is 43.9 Å². The van der Waals surface area contributed by atoms with Gasteiger partial charge in [0.1, 0.15) is 0 Å². The van der Waals surface area contributed by atoms with Crippen LogP contribution in [-0.4, -0.2) is 66.3 Å². The molecule has 5 heteroatoms. The molecule has 1 aromatic carbocycles. The molecule has 21 heavy (non-hydrogen) atoms. The molecule has 2 rings (SSSR count). The van der Waals surface area contributed by atoms with E-state index in [4.69, 9.17) is 0 Å². The summed E-state index contributed by atoms with van der Waals surface area (Å²) in [6.45, 7) is 5.61. The molecule has 1 aromatic rings. The van der Waals surface area contributed by atoms with Crippen LogP contribution in [0.1, 0.15) is 12.5 Å². The zero-order chi connectivity index (χ0) is 15.2. The number of carbonyl (C=O) groups is 2. The standard InChI is InChI=1S/C16H23N3O2/c1-14(20)19-10-8-18(9-11-19)13-16(21)17(2)12-15-6-4-3-5-7-15/h3-7H,8-13H2,1-2H3. The zero-order valence-corrected chi connectivity index (χ0v) is 12.8. The molecule has 0 atom stereocenters. The Kier molecular flexibility index (Phi) is 5.33. The van der Waals surface area contributed by atoms with E-state index in [-0.39, 0.29) is 11.8 Å². The monoisotopic (exact) mass is 289 g/mol. The molecule has 5 nitrogen and oxygen atoms in total. The molecule has 0 unspecified atom stereocenters. The predicted octanol–water partition coefficient (Wildman–Crippen LogP) is 0.809. The third-order valence-corrected chi connectivity index (χ3v) is 3.86. The third-order valence-electron chi connectivity index (χ3n) is 3.86. The number of benzene rings is 1. The molecule has 114 valence electrons. The van der Waals surface area contributed by atoms with E-state index in [2.05, 4.69) is 4.90 Å². The first-order valence-corrected chi connectivity index (χ1v) is 7.32. The quantitative estimate of drug-likeness (QED) is 0.824. The summed E-state index contributed by atoms with van der Waals surface area (Å²) in [6.07, 6.45) is 0. The molecule has 0 radical (unpaired) electrons. The number of piperazine rings is 1. The van der Waals surface area contributed by atoms with Crippen LogP contribution in [0.15, 0.2) is 30.3 Å². The lowest BCUT2D eigenvalue weighted by Crippen LogP contribution is -2.50. The summed E-state index contributed by atoms with van der Waals surface area (Å²) in [5.74, 6) is 0.234. The number of rotatable bonds is 4. The molecule has 1 aliphatic heterocycles. The van der Waals surface area contributed by atoms with Gasteiger partial charge in [0.05, 0.1) is 6.54 Å². The number of carbonyl (C=O) groups excluding carboxylic acids is 2. The number of hydrogen-bond donors (Lipinski definition) is 0. The zero-order valence-electron chi connectivity index (χ0n) is 12.8. The van der Waals surface area contributed by atoms with E-state index < -0.39 is 0 Å². The maximum absolute atomic E-state index is 12.2. The van der Waals surface area contributed by atoms with Crippen molar-refractivity contribution < 1.29 is 9.59 Å². The van der Waals surface area contributed by atoms with Gasteiger partial charge in [-0.15, -0.1) is 0 Å². The molecular formula is C16H23N3O2. The van der Waals surface area contributed by atoms with Crippen molar-refractivity contribution in [3.63, 3.8) is 0 Å². The van der Waals surface area contributed by atoms with E-state index in [0.29, 0.717) is 26.2 Å². The molecule has 0 spiro atoms. The Bertz CT molecular complexity index is 482.